The number of likely N-dealkylation sites (tertiary alicyclic amines) is 1. The molecule has 1 aromatic heterocycles. The number of benzene rings is 1. The number of carbonyl (C=O) groups excluding carboxylic acids is 1. The van der Waals surface area contributed by atoms with E-state index in [0.717, 1.165) is 42.7 Å². The molecule has 3 nitrogen and oxygen atoms in total. The molecule has 1 fully saturated rings. The Morgan fingerprint density at radius 3 is 2.74 bits per heavy atom. The smallest absolute Gasteiger partial charge is 0.246 e. The van der Waals surface area contributed by atoms with Gasteiger partial charge in [0, 0.05) is 24.6 Å². The zero-order chi connectivity index (χ0) is 13.1. The van der Waals surface area contributed by atoms with Gasteiger partial charge in [0.1, 0.15) is 11.3 Å². The lowest BCUT2D eigenvalue weighted by Crippen LogP contribution is -2.34. The number of furan rings is 1. The van der Waals surface area contributed by atoms with Crippen LogP contribution in [-0.2, 0) is 4.79 Å². The molecule has 2 aromatic rings. The zero-order valence-corrected chi connectivity index (χ0v) is 10.8. The largest absolute Gasteiger partial charge is 0.457 e. The molecule has 1 aromatic carbocycles. The minimum atomic E-state index is 0.0835. The van der Waals surface area contributed by atoms with Crippen LogP contribution in [0.3, 0.4) is 0 Å². The quantitative estimate of drug-likeness (QED) is 0.770. The number of hydrogen-bond donors (Lipinski definition) is 0. The Morgan fingerprint density at radius 1 is 1.16 bits per heavy atom. The van der Waals surface area contributed by atoms with Gasteiger partial charge in [-0.25, -0.2) is 0 Å². The maximum atomic E-state index is 12.0. The molecule has 0 radical (unpaired) electrons. The Hall–Kier alpha value is -2.03. The van der Waals surface area contributed by atoms with Gasteiger partial charge in [0.2, 0.25) is 5.91 Å². The van der Waals surface area contributed by atoms with Gasteiger partial charge in [-0.05, 0) is 37.5 Å². The van der Waals surface area contributed by atoms with Crippen molar-refractivity contribution in [1.29, 1.82) is 0 Å². The van der Waals surface area contributed by atoms with Gasteiger partial charge in [-0.15, -0.1) is 0 Å². The second-order valence-electron chi connectivity index (χ2n) is 4.91. The molecule has 19 heavy (non-hydrogen) atoms. The summed E-state index contributed by atoms with van der Waals surface area (Å²) in [6.07, 6.45) is 6.84. The molecule has 0 aliphatic carbocycles. The molecule has 1 aliphatic heterocycles. The first-order chi connectivity index (χ1) is 9.33. The molecule has 2 heterocycles. The SMILES string of the molecule is O=C(/C=C/c1cc2ccccc2o1)N1CCCCC1. The molecular weight excluding hydrogens is 238 g/mol. The van der Waals surface area contributed by atoms with E-state index >= 15 is 0 Å². The van der Waals surface area contributed by atoms with E-state index in [1.54, 1.807) is 12.2 Å². The average molecular weight is 255 g/mol. The highest BCUT2D eigenvalue weighted by Crippen LogP contribution is 2.19. The number of piperidine rings is 1. The van der Waals surface area contributed by atoms with Crippen LogP contribution >= 0.6 is 0 Å². The van der Waals surface area contributed by atoms with E-state index in [1.807, 2.05) is 35.2 Å². The predicted molar refractivity (Wildman–Crippen MR) is 75.7 cm³/mol. The van der Waals surface area contributed by atoms with E-state index < -0.39 is 0 Å². The van der Waals surface area contributed by atoms with Gasteiger partial charge in [-0.2, -0.15) is 0 Å². The van der Waals surface area contributed by atoms with Crippen molar-refractivity contribution in [3.8, 4) is 0 Å². The third-order valence-electron chi connectivity index (χ3n) is 3.50. The summed E-state index contributed by atoms with van der Waals surface area (Å²) in [4.78, 5) is 13.9. The van der Waals surface area contributed by atoms with E-state index in [1.165, 1.54) is 6.42 Å². The van der Waals surface area contributed by atoms with Crippen molar-refractivity contribution in [3.63, 3.8) is 0 Å². The van der Waals surface area contributed by atoms with Crippen LogP contribution in [0, 0.1) is 0 Å². The Morgan fingerprint density at radius 2 is 1.95 bits per heavy atom. The number of nitrogens with zero attached hydrogens (tertiary/aromatic N) is 1. The first-order valence-corrected chi connectivity index (χ1v) is 6.78. The summed E-state index contributed by atoms with van der Waals surface area (Å²) >= 11 is 0. The highest BCUT2D eigenvalue weighted by atomic mass is 16.3. The van der Waals surface area contributed by atoms with Crippen LogP contribution in [0.4, 0.5) is 0 Å². The molecule has 1 aliphatic rings. The standard InChI is InChI=1S/C16H17NO2/c18-16(17-10-4-1-5-11-17)9-8-14-12-13-6-2-3-7-15(13)19-14/h2-3,6-9,12H,1,4-5,10-11H2/b9-8+. The Bertz CT molecular complexity index is 573. The maximum absolute atomic E-state index is 12.0. The van der Waals surface area contributed by atoms with Crippen LogP contribution in [0.25, 0.3) is 17.0 Å². The summed E-state index contributed by atoms with van der Waals surface area (Å²) in [7, 11) is 0. The van der Waals surface area contributed by atoms with Crippen molar-refractivity contribution in [2.24, 2.45) is 0 Å². The Balaban J connectivity index is 1.72. The van der Waals surface area contributed by atoms with Crippen LogP contribution in [0.15, 0.2) is 40.8 Å². The summed E-state index contributed by atoms with van der Waals surface area (Å²) in [6, 6.07) is 9.81. The number of rotatable bonds is 2. The van der Waals surface area contributed by atoms with E-state index in [0.29, 0.717) is 0 Å². The molecule has 0 saturated carbocycles. The van der Waals surface area contributed by atoms with Gasteiger partial charge in [0.05, 0.1) is 0 Å². The van der Waals surface area contributed by atoms with E-state index in [2.05, 4.69) is 0 Å². The van der Waals surface area contributed by atoms with E-state index in [-0.39, 0.29) is 5.91 Å². The van der Waals surface area contributed by atoms with E-state index in [4.69, 9.17) is 4.42 Å². The fourth-order valence-corrected chi connectivity index (χ4v) is 2.46. The predicted octanol–water partition coefficient (Wildman–Crippen LogP) is 3.46. The van der Waals surface area contributed by atoms with Gasteiger partial charge in [-0.1, -0.05) is 18.2 Å². The third kappa shape index (κ3) is 2.70. The summed E-state index contributed by atoms with van der Waals surface area (Å²) < 4.78 is 5.65. The van der Waals surface area contributed by atoms with Gasteiger partial charge in [0.15, 0.2) is 0 Å². The highest BCUT2D eigenvalue weighted by molar-refractivity contribution is 5.92. The first-order valence-electron chi connectivity index (χ1n) is 6.78. The van der Waals surface area contributed by atoms with Crippen molar-refractivity contribution in [1.82, 2.24) is 4.90 Å². The number of carbonyl (C=O) groups is 1. The van der Waals surface area contributed by atoms with Crippen LogP contribution in [0.5, 0.6) is 0 Å². The second kappa shape index (κ2) is 5.31. The topological polar surface area (TPSA) is 33.5 Å². The minimum absolute atomic E-state index is 0.0835. The summed E-state index contributed by atoms with van der Waals surface area (Å²) in [5.74, 6) is 0.812. The summed E-state index contributed by atoms with van der Waals surface area (Å²) in [5.41, 5.74) is 0.854. The lowest BCUT2D eigenvalue weighted by molar-refractivity contribution is -0.126. The molecule has 0 unspecified atom stereocenters. The van der Waals surface area contributed by atoms with E-state index in [9.17, 15) is 4.79 Å². The van der Waals surface area contributed by atoms with Crippen molar-refractivity contribution in [2.45, 2.75) is 19.3 Å². The second-order valence-corrected chi connectivity index (χ2v) is 4.91. The monoisotopic (exact) mass is 255 g/mol. The summed E-state index contributed by atoms with van der Waals surface area (Å²) in [5, 5.41) is 1.06. The lowest BCUT2D eigenvalue weighted by Gasteiger charge is -2.25. The molecule has 0 spiro atoms. The average Bonchev–Trinajstić information content (AvgIpc) is 2.88. The highest BCUT2D eigenvalue weighted by Gasteiger charge is 2.13. The molecule has 0 atom stereocenters. The van der Waals surface area contributed by atoms with Crippen molar-refractivity contribution in [2.75, 3.05) is 13.1 Å². The molecular formula is C16H17NO2. The van der Waals surface area contributed by atoms with Gasteiger partial charge >= 0.3 is 0 Å². The molecule has 1 amide bonds. The molecule has 3 rings (SSSR count). The number of hydrogen-bond acceptors (Lipinski definition) is 2. The first kappa shape index (κ1) is 12.0. The molecule has 0 N–H and O–H groups in total. The molecule has 3 heteroatoms. The van der Waals surface area contributed by atoms with Gasteiger partial charge < -0.3 is 9.32 Å². The third-order valence-corrected chi connectivity index (χ3v) is 3.50. The van der Waals surface area contributed by atoms with Crippen molar-refractivity contribution in [3.05, 3.63) is 42.2 Å². The van der Waals surface area contributed by atoms with Crippen molar-refractivity contribution < 1.29 is 9.21 Å². The van der Waals surface area contributed by atoms with Crippen molar-refractivity contribution >= 4 is 23.0 Å². The van der Waals surface area contributed by atoms with Crippen LogP contribution in [0.2, 0.25) is 0 Å². The Kier molecular flexibility index (Phi) is 3.36. The van der Waals surface area contributed by atoms with Crippen LogP contribution < -0.4 is 0 Å². The minimum Gasteiger partial charge on any atom is -0.457 e. The molecule has 1 saturated heterocycles. The lowest BCUT2D eigenvalue weighted by atomic mass is 10.1. The zero-order valence-electron chi connectivity index (χ0n) is 10.8. The van der Waals surface area contributed by atoms with Crippen LogP contribution in [-0.4, -0.2) is 23.9 Å². The molecule has 98 valence electrons. The number of fused-ring (bicyclic) bond motifs is 1. The molecule has 0 bridgehead atoms. The fourth-order valence-electron chi connectivity index (χ4n) is 2.46. The van der Waals surface area contributed by atoms with Gasteiger partial charge in [-0.3, -0.25) is 4.79 Å². The van der Waals surface area contributed by atoms with Gasteiger partial charge in [0.25, 0.3) is 0 Å². The number of para-hydroxylation sites is 1. The fraction of sp³-hybridized carbons (Fsp3) is 0.312. The normalized spacial score (nSPS) is 16.3. The van der Waals surface area contributed by atoms with Crippen LogP contribution in [0.1, 0.15) is 25.0 Å². The maximum Gasteiger partial charge on any atom is 0.246 e. The summed E-state index contributed by atoms with van der Waals surface area (Å²) in [6.45, 7) is 1.76. The Labute approximate surface area is 112 Å². The number of amides is 1.